The molecule has 20 heavy (non-hydrogen) atoms. The van der Waals surface area contributed by atoms with Gasteiger partial charge < -0.3 is 15.4 Å². The van der Waals surface area contributed by atoms with E-state index in [4.69, 9.17) is 10.5 Å². The number of carbonyl (C=O) groups is 1. The molecule has 4 heteroatoms. The van der Waals surface area contributed by atoms with Crippen molar-refractivity contribution < 1.29 is 9.53 Å². The van der Waals surface area contributed by atoms with Crippen molar-refractivity contribution in [3.05, 3.63) is 29.3 Å². The lowest BCUT2D eigenvalue weighted by atomic mass is 10.0. The Bertz CT molecular complexity index is 485. The van der Waals surface area contributed by atoms with Gasteiger partial charge in [-0.05, 0) is 36.1 Å². The molecule has 110 valence electrons. The van der Waals surface area contributed by atoms with Crippen molar-refractivity contribution in [2.45, 2.75) is 32.7 Å². The van der Waals surface area contributed by atoms with Gasteiger partial charge >= 0.3 is 0 Å². The topological polar surface area (TPSA) is 55.6 Å². The van der Waals surface area contributed by atoms with Crippen molar-refractivity contribution in [1.29, 1.82) is 0 Å². The summed E-state index contributed by atoms with van der Waals surface area (Å²) < 4.78 is 5.46. The summed E-state index contributed by atoms with van der Waals surface area (Å²) in [4.78, 5) is 14.1. The van der Waals surface area contributed by atoms with Crippen LogP contribution in [0.25, 0.3) is 0 Å². The predicted molar refractivity (Wildman–Crippen MR) is 80.0 cm³/mol. The molecule has 0 aromatic heterocycles. The smallest absolute Gasteiger partial charge is 0.253 e. The van der Waals surface area contributed by atoms with Crippen LogP contribution in [0.15, 0.2) is 18.2 Å². The summed E-state index contributed by atoms with van der Waals surface area (Å²) in [5, 5.41) is 0. The fraction of sp³-hybridized carbons (Fsp3) is 0.562. The van der Waals surface area contributed by atoms with Crippen LogP contribution >= 0.6 is 0 Å². The van der Waals surface area contributed by atoms with Gasteiger partial charge in [0.1, 0.15) is 5.75 Å². The summed E-state index contributed by atoms with van der Waals surface area (Å²) in [6.07, 6.45) is 1.71. The highest BCUT2D eigenvalue weighted by Gasteiger charge is 2.18. The van der Waals surface area contributed by atoms with E-state index in [1.165, 1.54) is 0 Å². The minimum absolute atomic E-state index is 0.0515. The lowest BCUT2D eigenvalue weighted by Crippen LogP contribution is -2.34. The van der Waals surface area contributed by atoms with Gasteiger partial charge in [-0.1, -0.05) is 13.8 Å². The van der Waals surface area contributed by atoms with Crippen molar-refractivity contribution in [3.63, 3.8) is 0 Å². The van der Waals surface area contributed by atoms with Gasteiger partial charge in [0, 0.05) is 31.6 Å². The molecule has 0 aliphatic carbocycles. The lowest BCUT2D eigenvalue weighted by molar-refractivity contribution is 0.0789. The molecule has 0 saturated heterocycles. The summed E-state index contributed by atoms with van der Waals surface area (Å²) in [6, 6.07) is 5.82. The summed E-state index contributed by atoms with van der Waals surface area (Å²) in [6.45, 7) is 5.61. The van der Waals surface area contributed by atoms with Gasteiger partial charge in [-0.15, -0.1) is 0 Å². The first-order valence-corrected chi connectivity index (χ1v) is 7.26. The van der Waals surface area contributed by atoms with E-state index in [1.807, 2.05) is 25.2 Å². The Morgan fingerprint density at radius 2 is 2.20 bits per heavy atom. The zero-order valence-corrected chi connectivity index (χ0v) is 12.6. The minimum atomic E-state index is 0.0515. The Morgan fingerprint density at radius 3 is 2.90 bits per heavy atom. The lowest BCUT2D eigenvalue weighted by Gasteiger charge is -2.21. The highest BCUT2D eigenvalue weighted by atomic mass is 16.5. The highest BCUT2D eigenvalue weighted by molar-refractivity contribution is 5.94. The molecule has 2 rings (SSSR count). The summed E-state index contributed by atoms with van der Waals surface area (Å²) in [7, 11) is 1.83. The van der Waals surface area contributed by atoms with Crippen LogP contribution in [0, 0.1) is 5.92 Å². The van der Waals surface area contributed by atoms with Crippen LogP contribution in [0.2, 0.25) is 0 Å². The van der Waals surface area contributed by atoms with Gasteiger partial charge in [-0.25, -0.2) is 0 Å². The average Bonchev–Trinajstić information content (AvgIpc) is 2.90. The second-order valence-electron chi connectivity index (χ2n) is 5.84. The molecule has 0 saturated carbocycles. The molecular weight excluding hydrogens is 252 g/mol. The number of carbonyl (C=O) groups excluding carboxylic acids is 1. The van der Waals surface area contributed by atoms with E-state index < -0.39 is 0 Å². The summed E-state index contributed by atoms with van der Waals surface area (Å²) in [5.74, 6) is 1.40. The predicted octanol–water partition coefficient (Wildman–Crippen LogP) is 2.07. The monoisotopic (exact) mass is 276 g/mol. The Hall–Kier alpha value is -1.55. The first-order valence-electron chi connectivity index (χ1n) is 7.26. The van der Waals surface area contributed by atoms with Crippen LogP contribution in [0.1, 0.15) is 36.2 Å². The molecule has 1 aromatic carbocycles. The van der Waals surface area contributed by atoms with Crippen molar-refractivity contribution in [2.24, 2.45) is 11.7 Å². The molecule has 2 N–H and O–H groups in total. The van der Waals surface area contributed by atoms with Crippen molar-refractivity contribution in [3.8, 4) is 5.75 Å². The molecule has 1 unspecified atom stereocenters. The van der Waals surface area contributed by atoms with E-state index in [1.54, 1.807) is 4.90 Å². The van der Waals surface area contributed by atoms with Crippen LogP contribution < -0.4 is 10.5 Å². The molecule has 1 aliphatic rings. The third-order valence-corrected chi connectivity index (χ3v) is 3.94. The first kappa shape index (κ1) is 14.9. The number of benzene rings is 1. The number of amides is 1. The van der Waals surface area contributed by atoms with E-state index in [2.05, 4.69) is 13.8 Å². The zero-order valence-electron chi connectivity index (χ0n) is 12.6. The van der Waals surface area contributed by atoms with Crippen LogP contribution in [-0.4, -0.2) is 37.0 Å². The number of hydrogen-bond acceptors (Lipinski definition) is 3. The minimum Gasteiger partial charge on any atom is -0.493 e. The number of rotatable bonds is 5. The number of fused-ring (bicyclic) bond motifs is 1. The quantitative estimate of drug-likeness (QED) is 0.895. The van der Waals surface area contributed by atoms with Crippen molar-refractivity contribution in [2.75, 3.05) is 20.2 Å². The number of nitrogens with two attached hydrogens (primary N) is 1. The van der Waals surface area contributed by atoms with E-state index >= 15 is 0 Å². The maximum absolute atomic E-state index is 12.4. The number of hydrogen-bond donors (Lipinski definition) is 1. The van der Waals surface area contributed by atoms with Crippen molar-refractivity contribution >= 4 is 5.91 Å². The van der Waals surface area contributed by atoms with Crippen LogP contribution in [0.5, 0.6) is 5.75 Å². The molecule has 4 nitrogen and oxygen atoms in total. The Kier molecular flexibility index (Phi) is 4.65. The molecule has 1 heterocycles. The number of nitrogens with zero attached hydrogens (tertiary/aromatic N) is 1. The van der Waals surface area contributed by atoms with Gasteiger partial charge in [0.05, 0.1) is 6.61 Å². The summed E-state index contributed by atoms with van der Waals surface area (Å²) in [5.41, 5.74) is 7.88. The average molecular weight is 276 g/mol. The van der Waals surface area contributed by atoms with Gasteiger partial charge in [-0.2, -0.15) is 0 Å². The zero-order chi connectivity index (χ0) is 14.7. The molecule has 0 radical (unpaired) electrons. The van der Waals surface area contributed by atoms with Gasteiger partial charge in [0.2, 0.25) is 0 Å². The van der Waals surface area contributed by atoms with E-state index in [0.717, 1.165) is 29.7 Å². The maximum atomic E-state index is 12.4. The van der Waals surface area contributed by atoms with Gasteiger partial charge in [0.25, 0.3) is 5.91 Å². The van der Waals surface area contributed by atoms with Crippen molar-refractivity contribution in [1.82, 2.24) is 4.90 Å². The highest BCUT2D eigenvalue weighted by Crippen LogP contribution is 2.26. The first-order chi connectivity index (χ1) is 9.49. The van der Waals surface area contributed by atoms with Crippen LogP contribution in [0.4, 0.5) is 0 Å². The van der Waals surface area contributed by atoms with Gasteiger partial charge in [0.15, 0.2) is 0 Å². The second-order valence-corrected chi connectivity index (χ2v) is 5.84. The summed E-state index contributed by atoms with van der Waals surface area (Å²) >= 11 is 0. The Morgan fingerprint density at radius 1 is 1.45 bits per heavy atom. The molecule has 0 spiro atoms. The maximum Gasteiger partial charge on any atom is 0.253 e. The van der Waals surface area contributed by atoms with E-state index in [0.29, 0.717) is 19.1 Å². The molecule has 1 aliphatic heterocycles. The molecular formula is C16H24N2O2. The fourth-order valence-electron chi connectivity index (χ4n) is 2.32. The Labute approximate surface area is 120 Å². The molecule has 0 bridgehead atoms. The second kappa shape index (κ2) is 6.27. The third-order valence-electron chi connectivity index (χ3n) is 3.94. The molecule has 1 amide bonds. The van der Waals surface area contributed by atoms with Gasteiger partial charge in [-0.3, -0.25) is 4.79 Å². The molecule has 1 aromatic rings. The largest absolute Gasteiger partial charge is 0.493 e. The Balaban J connectivity index is 1.96. The molecule has 1 atom stereocenters. The van der Waals surface area contributed by atoms with Crippen LogP contribution in [0.3, 0.4) is 0 Å². The van der Waals surface area contributed by atoms with E-state index in [-0.39, 0.29) is 11.9 Å². The SMILES string of the molecule is CC(C)C(N)CCN(C)C(=O)c1ccc2c(c1)CCO2. The third kappa shape index (κ3) is 3.31. The van der Waals surface area contributed by atoms with Crippen LogP contribution in [-0.2, 0) is 6.42 Å². The van der Waals surface area contributed by atoms with E-state index in [9.17, 15) is 4.79 Å². The number of ether oxygens (including phenoxy) is 1. The standard InChI is InChI=1S/C16H24N2O2/c1-11(2)14(17)6-8-18(3)16(19)13-4-5-15-12(10-13)7-9-20-15/h4-5,10-11,14H,6-9,17H2,1-3H3. The fourth-order valence-corrected chi connectivity index (χ4v) is 2.32. The molecule has 0 fully saturated rings. The normalized spacial score (nSPS) is 14.8.